The van der Waals surface area contributed by atoms with Gasteiger partial charge in [0.2, 0.25) is 0 Å². The Morgan fingerprint density at radius 2 is 2.13 bits per heavy atom. The molecule has 2 aromatic rings. The fraction of sp³-hybridized carbons (Fsp3) is 0.500. The van der Waals surface area contributed by atoms with Gasteiger partial charge in [-0.1, -0.05) is 12.8 Å². The first-order valence-corrected chi connectivity index (χ1v) is 7.77. The van der Waals surface area contributed by atoms with Gasteiger partial charge in [0.05, 0.1) is 17.0 Å². The maximum atomic E-state index is 12.6. The van der Waals surface area contributed by atoms with Crippen LogP contribution < -0.4 is 5.32 Å². The molecule has 0 aliphatic heterocycles. The summed E-state index contributed by atoms with van der Waals surface area (Å²) < 4.78 is 1.74. The van der Waals surface area contributed by atoms with E-state index in [4.69, 9.17) is 0 Å². The number of fused-ring (bicyclic) bond motifs is 1. The van der Waals surface area contributed by atoms with Gasteiger partial charge in [0.25, 0.3) is 5.91 Å². The number of carbonyl (C=O) groups is 2. The molecule has 2 aromatic heterocycles. The van der Waals surface area contributed by atoms with Crippen LogP contribution in [0.25, 0.3) is 5.65 Å². The molecule has 23 heavy (non-hydrogen) atoms. The molecule has 1 amide bonds. The molecule has 0 saturated heterocycles. The Kier molecular flexibility index (Phi) is 3.79. The Hall–Kier alpha value is -2.44. The average Bonchev–Trinajstić information content (AvgIpc) is 2.88. The van der Waals surface area contributed by atoms with E-state index < -0.39 is 17.4 Å². The van der Waals surface area contributed by atoms with E-state index in [1.165, 1.54) is 0 Å². The molecular weight excluding hydrogens is 296 g/mol. The monoisotopic (exact) mass is 316 g/mol. The SMILES string of the molecule is Cc1nnc2ccc(C(=O)NC3(C)CCCCC3C(=O)O)cn12. The van der Waals surface area contributed by atoms with Crippen molar-refractivity contribution in [2.45, 2.75) is 45.1 Å². The average molecular weight is 316 g/mol. The molecule has 2 atom stereocenters. The molecule has 2 N–H and O–H groups in total. The van der Waals surface area contributed by atoms with Crippen molar-refractivity contribution >= 4 is 17.5 Å². The summed E-state index contributed by atoms with van der Waals surface area (Å²) in [5, 5.41) is 20.3. The highest BCUT2D eigenvalue weighted by molar-refractivity contribution is 5.95. The number of amides is 1. The lowest BCUT2D eigenvalue weighted by molar-refractivity contribution is -0.145. The van der Waals surface area contributed by atoms with Crippen molar-refractivity contribution in [2.75, 3.05) is 0 Å². The molecule has 7 nitrogen and oxygen atoms in total. The second-order valence-corrected chi connectivity index (χ2v) is 6.40. The summed E-state index contributed by atoms with van der Waals surface area (Å²) in [5.74, 6) is -0.976. The van der Waals surface area contributed by atoms with Crippen LogP contribution in [-0.4, -0.2) is 37.1 Å². The van der Waals surface area contributed by atoms with Crippen LogP contribution in [0.3, 0.4) is 0 Å². The van der Waals surface area contributed by atoms with Crippen molar-refractivity contribution in [3.05, 3.63) is 29.7 Å². The lowest BCUT2D eigenvalue weighted by Crippen LogP contribution is -2.55. The number of carbonyl (C=O) groups excluding carboxylic acids is 1. The van der Waals surface area contributed by atoms with Crippen molar-refractivity contribution in [3.8, 4) is 0 Å². The van der Waals surface area contributed by atoms with Crippen LogP contribution in [0.1, 0.15) is 48.8 Å². The standard InChI is InChI=1S/C16H20N4O3/c1-10-18-19-13-7-6-11(9-20(10)13)14(21)17-16(2)8-4-3-5-12(16)15(22)23/h6-7,9,12H,3-5,8H2,1-2H3,(H,17,21)(H,22,23). The van der Waals surface area contributed by atoms with Gasteiger partial charge in [-0.15, -0.1) is 10.2 Å². The number of rotatable bonds is 3. The van der Waals surface area contributed by atoms with Crippen molar-refractivity contribution in [1.82, 2.24) is 19.9 Å². The number of aromatic nitrogens is 3. The van der Waals surface area contributed by atoms with Gasteiger partial charge in [-0.3, -0.25) is 14.0 Å². The summed E-state index contributed by atoms with van der Waals surface area (Å²) in [7, 11) is 0. The van der Waals surface area contributed by atoms with Crippen LogP contribution in [0.2, 0.25) is 0 Å². The van der Waals surface area contributed by atoms with E-state index in [0.29, 0.717) is 29.9 Å². The fourth-order valence-electron chi connectivity index (χ4n) is 3.35. The van der Waals surface area contributed by atoms with Gasteiger partial charge >= 0.3 is 5.97 Å². The number of hydrogen-bond donors (Lipinski definition) is 2. The highest BCUT2D eigenvalue weighted by atomic mass is 16.4. The van der Waals surface area contributed by atoms with Gasteiger partial charge < -0.3 is 10.4 Å². The molecule has 2 unspecified atom stereocenters. The second kappa shape index (κ2) is 5.64. The van der Waals surface area contributed by atoms with Gasteiger partial charge in [0.15, 0.2) is 5.65 Å². The number of nitrogens with one attached hydrogen (secondary N) is 1. The normalized spacial score (nSPS) is 24.5. The van der Waals surface area contributed by atoms with E-state index in [9.17, 15) is 14.7 Å². The third kappa shape index (κ3) is 2.78. The zero-order valence-corrected chi connectivity index (χ0v) is 13.2. The van der Waals surface area contributed by atoms with Gasteiger partial charge in [0.1, 0.15) is 5.82 Å². The lowest BCUT2D eigenvalue weighted by Gasteiger charge is -2.39. The van der Waals surface area contributed by atoms with Gasteiger partial charge in [-0.25, -0.2) is 0 Å². The van der Waals surface area contributed by atoms with Gasteiger partial charge in [0, 0.05) is 6.20 Å². The number of hydrogen-bond acceptors (Lipinski definition) is 4. The molecule has 1 saturated carbocycles. The number of pyridine rings is 1. The maximum Gasteiger partial charge on any atom is 0.308 e. The molecule has 2 heterocycles. The molecule has 122 valence electrons. The van der Waals surface area contributed by atoms with E-state index >= 15 is 0 Å². The van der Waals surface area contributed by atoms with E-state index in [1.807, 2.05) is 13.8 Å². The van der Waals surface area contributed by atoms with Crippen LogP contribution >= 0.6 is 0 Å². The summed E-state index contributed by atoms with van der Waals surface area (Å²) in [4.78, 5) is 24.1. The first-order valence-electron chi connectivity index (χ1n) is 7.77. The Labute approximate surface area is 133 Å². The fourth-order valence-corrected chi connectivity index (χ4v) is 3.35. The zero-order chi connectivity index (χ0) is 16.6. The molecule has 1 aliphatic rings. The van der Waals surface area contributed by atoms with Crippen molar-refractivity contribution in [3.63, 3.8) is 0 Å². The minimum atomic E-state index is -0.849. The third-order valence-electron chi connectivity index (χ3n) is 4.74. The zero-order valence-electron chi connectivity index (χ0n) is 13.2. The summed E-state index contributed by atoms with van der Waals surface area (Å²) >= 11 is 0. The van der Waals surface area contributed by atoms with Crippen molar-refractivity contribution in [1.29, 1.82) is 0 Å². The van der Waals surface area contributed by atoms with Crippen LogP contribution in [0.5, 0.6) is 0 Å². The minimum absolute atomic E-state index is 0.268. The molecule has 0 radical (unpaired) electrons. The number of carboxylic acids is 1. The Morgan fingerprint density at radius 1 is 1.35 bits per heavy atom. The Bertz CT molecular complexity index is 770. The highest BCUT2D eigenvalue weighted by Crippen LogP contribution is 2.34. The summed E-state index contributed by atoms with van der Waals surface area (Å²) in [6.07, 6.45) is 4.75. The largest absolute Gasteiger partial charge is 0.481 e. The molecule has 0 spiro atoms. The van der Waals surface area contributed by atoms with E-state index in [-0.39, 0.29) is 5.91 Å². The molecule has 0 bridgehead atoms. The van der Waals surface area contributed by atoms with Gasteiger partial charge in [-0.05, 0) is 38.8 Å². The van der Waals surface area contributed by atoms with Crippen LogP contribution in [0, 0.1) is 12.8 Å². The smallest absolute Gasteiger partial charge is 0.308 e. The van der Waals surface area contributed by atoms with E-state index in [0.717, 1.165) is 12.8 Å². The number of aliphatic carboxylic acids is 1. The molecule has 1 aliphatic carbocycles. The minimum Gasteiger partial charge on any atom is -0.481 e. The molecule has 0 aromatic carbocycles. The van der Waals surface area contributed by atoms with E-state index in [1.54, 1.807) is 22.7 Å². The predicted octanol–water partition coefficient (Wildman–Crippen LogP) is 1.80. The number of nitrogens with zero attached hydrogens (tertiary/aromatic N) is 3. The first kappa shape index (κ1) is 15.5. The molecule has 3 rings (SSSR count). The Morgan fingerprint density at radius 3 is 2.87 bits per heavy atom. The third-order valence-corrected chi connectivity index (χ3v) is 4.74. The van der Waals surface area contributed by atoms with E-state index in [2.05, 4.69) is 15.5 Å². The molecular formula is C16H20N4O3. The summed E-state index contributed by atoms with van der Waals surface area (Å²) in [5.41, 5.74) is 0.418. The quantitative estimate of drug-likeness (QED) is 0.900. The lowest BCUT2D eigenvalue weighted by atomic mass is 9.74. The van der Waals surface area contributed by atoms with Crippen LogP contribution in [-0.2, 0) is 4.79 Å². The summed E-state index contributed by atoms with van der Waals surface area (Å²) in [6.45, 7) is 3.63. The molecule has 7 heteroatoms. The Balaban J connectivity index is 1.86. The summed E-state index contributed by atoms with van der Waals surface area (Å²) in [6, 6.07) is 3.41. The number of aryl methyl sites for hydroxylation is 1. The van der Waals surface area contributed by atoms with Crippen LogP contribution in [0.15, 0.2) is 18.3 Å². The van der Waals surface area contributed by atoms with Crippen molar-refractivity contribution < 1.29 is 14.7 Å². The number of carboxylic acid groups (broad SMARTS) is 1. The second-order valence-electron chi connectivity index (χ2n) is 6.40. The van der Waals surface area contributed by atoms with Gasteiger partial charge in [-0.2, -0.15) is 0 Å². The molecule has 1 fully saturated rings. The first-order chi connectivity index (χ1) is 10.9. The highest BCUT2D eigenvalue weighted by Gasteiger charge is 2.42. The topological polar surface area (TPSA) is 96.6 Å². The van der Waals surface area contributed by atoms with Crippen LogP contribution in [0.4, 0.5) is 0 Å². The predicted molar refractivity (Wildman–Crippen MR) is 83.2 cm³/mol. The van der Waals surface area contributed by atoms with Crippen molar-refractivity contribution in [2.24, 2.45) is 5.92 Å². The maximum absolute atomic E-state index is 12.6.